The Labute approximate surface area is 166 Å². The van der Waals surface area contributed by atoms with Gasteiger partial charge in [-0.2, -0.15) is 0 Å². The van der Waals surface area contributed by atoms with E-state index in [2.05, 4.69) is 54.1 Å². The highest BCUT2D eigenvalue weighted by atomic mass is 32.2. The van der Waals surface area contributed by atoms with Gasteiger partial charge in [0.05, 0.1) is 18.4 Å². The van der Waals surface area contributed by atoms with E-state index in [4.69, 9.17) is 4.74 Å². The molecule has 0 unspecified atom stereocenters. The van der Waals surface area contributed by atoms with E-state index in [0.29, 0.717) is 12.3 Å². The molecule has 0 aliphatic carbocycles. The second kappa shape index (κ2) is 9.66. The third-order valence-corrected chi connectivity index (χ3v) is 5.90. The van der Waals surface area contributed by atoms with Crippen molar-refractivity contribution in [1.29, 1.82) is 5.39 Å². The van der Waals surface area contributed by atoms with Crippen LogP contribution in [0, 0.1) is 12.3 Å². The number of aryl methyl sites for hydroxylation is 1. The van der Waals surface area contributed by atoms with Crippen molar-refractivity contribution in [1.82, 2.24) is 0 Å². The molecule has 0 N–H and O–H groups in total. The van der Waals surface area contributed by atoms with E-state index >= 15 is 0 Å². The Bertz CT molecular complexity index is 792. The fourth-order valence-electron chi connectivity index (χ4n) is 3.26. The van der Waals surface area contributed by atoms with Gasteiger partial charge in [-0.15, -0.1) is 0 Å². The molecule has 2 aromatic rings. The first kappa shape index (κ1) is 19.6. The molecule has 0 aromatic heterocycles. The van der Waals surface area contributed by atoms with Crippen molar-refractivity contribution in [3.05, 3.63) is 46.9 Å². The summed E-state index contributed by atoms with van der Waals surface area (Å²) >= 11 is 1.63. The molecule has 27 heavy (non-hydrogen) atoms. The molecule has 4 nitrogen and oxygen atoms in total. The van der Waals surface area contributed by atoms with Crippen LogP contribution in [0.3, 0.4) is 0 Å². The summed E-state index contributed by atoms with van der Waals surface area (Å²) in [4.78, 5) is 8.03. The molecule has 0 amide bonds. The van der Waals surface area contributed by atoms with E-state index in [9.17, 15) is 5.39 Å². The third kappa shape index (κ3) is 5.17. The van der Waals surface area contributed by atoms with Crippen LogP contribution < -0.4 is 9.64 Å². The molecule has 0 spiro atoms. The van der Waals surface area contributed by atoms with E-state index in [1.165, 1.54) is 24.8 Å². The lowest BCUT2D eigenvalue weighted by atomic mass is 10.1. The van der Waals surface area contributed by atoms with Crippen molar-refractivity contribution in [2.24, 2.45) is 0 Å². The minimum atomic E-state index is 0.563. The molecule has 0 bridgehead atoms. The van der Waals surface area contributed by atoms with Crippen LogP contribution in [0.1, 0.15) is 44.6 Å². The number of ether oxygens (including phenoxy) is 1. The zero-order valence-corrected chi connectivity index (χ0v) is 17.1. The van der Waals surface area contributed by atoms with Crippen molar-refractivity contribution in [3.8, 4) is 5.75 Å². The number of diazo groups is 1. The number of piperidine rings is 1. The van der Waals surface area contributed by atoms with Crippen LogP contribution in [0.2, 0.25) is 0 Å². The van der Waals surface area contributed by atoms with Gasteiger partial charge >= 0.3 is 5.69 Å². The van der Waals surface area contributed by atoms with Gasteiger partial charge in [0.1, 0.15) is 4.90 Å². The average molecular weight is 383 g/mol. The Balaban J connectivity index is 1.94. The van der Waals surface area contributed by atoms with Crippen LogP contribution in [-0.4, -0.2) is 19.7 Å². The quantitative estimate of drug-likeness (QED) is 0.390. The van der Waals surface area contributed by atoms with Gasteiger partial charge in [-0.1, -0.05) is 42.8 Å². The Hall–Kier alpha value is -2.19. The highest BCUT2D eigenvalue weighted by Gasteiger charge is 2.24. The Morgan fingerprint density at radius 3 is 2.52 bits per heavy atom. The highest BCUT2D eigenvalue weighted by Crippen LogP contribution is 2.43. The summed E-state index contributed by atoms with van der Waals surface area (Å²) in [7, 11) is 0. The van der Waals surface area contributed by atoms with E-state index in [0.717, 1.165) is 47.2 Å². The first-order chi connectivity index (χ1) is 13.2. The number of unbranched alkanes of at least 4 members (excludes halogenated alkanes) is 1. The molecule has 1 heterocycles. The van der Waals surface area contributed by atoms with Crippen molar-refractivity contribution in [3.63, 3.8) is 0 Å². The predicted octanol–water partition coefficient (Wildman–Crippen LogP) is 6.80. The van der Waals surface area contributed by atoms with Gasteiger partial charge in [-0.3, -0.25) is 0 Å². The monoisotopic (exact) mass is 382 g/mol. The van der Waals surface area contributed by atoms with Gasteiger partial charge in [-0.25, -0.2) is 0 Å². The van der Waals surface area contributed by atoms with E-state index in [-0.39, 0.29) is 0 Å². The maximum Gasteiger partial charge on any atom is 0.402 e. The average Bonchev–Trinajstić information content (AvgIpc) is 2.71. The second-order valence-electron chi connectivity index (χ2n) is 7.05. The van der Waals surface area contributed by atoms with Crippen LogP contribution in [0.5, 0.6) is 5.75 Å². The van der Waals surface area contributed by atoms with Crippen LogP contribution in [0.4, 0.5) is 11.4 Å². The van der Waals surface area contributed by atoms with Crippen LogP contribution >= 0.6 is 11.8 Å². The summed E-state index contributed by atoms with van der Waals surface area (Å²) in [6.45, 7) is 7.03. The summed E-state index contributed by atoms with van der Waals surface area (Å²) in [5.74, 6) is 0.825. The minimum absolute atomic E-state index is 0.563. The number of nitrogens with zero attached hydrogens (tertiary/aromatic N) is 3. The predicted molar refractivity (Wildman–Crippen MR) is 113 cm³/mol. The van der Waals surface area contributed by atoms with Crippen LogP contribution in [0.25, 0.3) is 4.98 Å². The van der Waals surface area contributed by atoms with Gasteiger partial charge in [0, 0.05) is 18.0 Å². The Kier molecular flexibility index (Phi) is 7.00. The first-order valence-electron chi connectivity index (χ1n) is 9.86. The molecule has 5 heteroatoms. The van der Waals surface area contributed by atoms with Crippen molar-refractivity contribution < 1.29 is 4.74 Å². The molecule has 142 valence electrons. The van der Waals surface area contributed by atoms with Crippen LogP contribution in [0.15, 0.2) is 46.2 Å². The Morgan fingerprint density at radius 2 is 1.85 bits per heavy atom. The maximum absolute atomic E-state index is 9.58. The number of hydrogen-bond acceptors (Lipinski definition) is 4. The normalized spacial score (nSPS) is 14.0. The van der Waals surface area contributed by atoms with Gasteiger partial charge in [0.25, 0.3) is 0 Å². The highest BCUT2D eigenvalue weighted by molar-refractivity contribution is 7.99. The lowest BCUT2D eigenvalue weighted by molar-refractivity contribution is 0.309. The summed E-state index contributed by atoms with van der Waals surface area (Å²) < 4.78 is 6.07. The zero-order valence-electron chi connectivity index (χ0n) is 16.3. The molecule has 0 radical (unpaired) electrons. The number of benzene rings is 2. The Morgan fingerprint density at radius 1 is 1.11 bits per heavy atom. The molecule has 3 rings (SSSR count). The van der Waals surface area contributed by atoms with Crippen molar-refractivity contribution in [2.45, 2.75) is 55.7 Å². The summed E-state index contributed by atoms with van der Waals surface area (Å²) in [6, 6.07) is 12.4. The summed E-state index contributed by atoms with van der Waals surface area (Å²) in [6.07, 6.45) is 5.82. The van der Waals surface area contributed by atoms with E-state index in [1.807, 2.05) is 6.07 Å². The number of rotatable bonds is 7. The first-order valence-corrected chi connectivity index (χ1v) is 10.7. The van der Waals surface area contributed by atoms with Crippen LogP contribution in [-0.2, 0) is 0 Å². The second-order valence-corrected chi connectivity index (χ2v) is 8.17. The van der Waals surface area contributed by atoms with Gasteiger partial charge in [-0.05, 0) is 50.8 Å². The van der Waals surface area contributed by atoms with E-state index < -0.39 is 0 Å². The molecule has 2 aromatic carbocycles. The smallest absolute Gasteiger partial charge is 0.402 e. The van der Waals surface area contributed by atoms with Crippen molar-refractivity contribution in [2.75, 3.05) is 24.6 Å². The molecule has 0 atom stereocenters. The minimum Gasteiger partial charge on any atom is -0.491 e. The zero-order chi connectivity index (χ0) is 19.1. The fraction of sp³-hybridized carbons (Fsp3) is 0.455. The topological polar surface area (TPSA) is 40.6 Å². The standard InChI is InChI=1S/C22H28N3OS/c1-3-4-14-26-21-15-19(24-23)22(27-18-10-8-17(2)9-11-18)16-20(21)25-12-6-5-7-13-25/h8-11,15-16H,3-7,12-14H2,1-2H3/q+1. The largest absolute Gasteiger partial charge is 0.491 e. The van der Waals surface area contributed by atoms with Crippen molar-refractivity contribution >= 4 is 23.1 Å². The molecule has 1 fully saturated rings. The molecular weight excluding hydrogens is 354 g/mol. The molecule has 1 aliphatic heterocycles. The molecule has 0 saturated carbocycles. The number of anilines is 1. The van der Waals surface area contributed by atoms with Gasteiger partial charge < -0.3 is 9.64 Å². The molecule has 1 aliphatic rings. The SMILES string of the molecule is CCCCOc1cc([N+]#N)c(Sc2ccc(C)cc2)cc1N1CCCCC1. The molecular formula is C22H28N3OS+. The maximum atomic E-state index is 9.58. The van der Waals surface area contributed by atoms with Gasteiger partial charge in [0.2, 0.25) is 5.39 Å². The lowest BCUT2D eigenvalue weighted by Crippen LogP contribution is -2.29. The van der Waals surface area contributed by atoms with Gasteiger partial charge in [0.15, 0.2) is 10.7 Å². The number of hydrogen-bond donors (Lipinski definition) is 0. The fourth-order valence-corrected chi connectivity index (χ4v) is 4.16. The molecule has 1 saturated heterocycles. The summed E-state index contributed by atoms with van der Waals surface area (Å²) in [5, 5.41) is 9.58. The third-order valence-electron chi connectivity index (χ3n) is 4.85. The summed E-state index contributed by atoms with van der Waals surface area (Å²) in [5.41, 5.74) is 2.92. The van der Waals surface area contributed by atoms with E-state index in [1.54, 1.807) is 11.8 Å². The lowest BCUT2D eigenvalue weighted by Gasteiger charge is -2.30.